The van der Waals surface area contributed by atoms with E-state index in [1.54, 1.807) is 31.2 Å². The molecule has 0 saturated carbocycles. The van der Waals surface area contributed by atoms with Gasteiger partial charge in [-0.15, -0.1) is 0 Å². The molecule has 2 N–H and O–H groups in total. The fraction of sp³-hybridized carbons (Fsp3) is 0.455. The van der Waals surface area contributed by atoms with E-state index in [9.17, 15) is 14.4 Å². The molecule has 0 spiro atoms. The fourth-order valence-electron chi connectivity index (χ4n) is 3.60. The van der Waals surface area contributed by atoms with Crippen LogP contribution in [-0.4, -0.2) is 55.5 Å². The number of benzene rings is 1. The minimum absolute atomic E-state index is 0.00694. The maximum absolute atomic E-state index is 13.0. The molecule has 3 amide bonds. The standard InChI is InChI=1S/C22H26N4O7/c1-14-9-19(25-33-14)24-20(27)6-7-22(29)26(12-21(28)23-11-16-3-2-8-30-16)15-4-5-17-18(10-15)32-13-31-17/h4-5,9-10,16H,2-3,6-8,11-13H2,1H3,(H,23,28)(H,24,25,27). The molecule has 1 unspecified atom stereocenters. The van der Waals surface area contributed by atoms with Gasteiger partial charge in [-0.1, -0.05) is 5.16 Å². The van der Waals surface area contributed by atoms with Gasteiger partial charge in [-0.2, -0.15) is 0 Å². The maximum atomic E-state index is 13.0. The van der Waals surface area contributed by atoms with Crippen LogP contribution in [0.4, 0.5) is 11.5 Å². The molecule has 4 rings (SSSR count). The van der Waals surface area contributed by atoms with Gasteiger partial charge in [0, 0.05) is 43.8 Å². The second kappa shape index (κ2) is 10.3. The van der Waals surface area contributed by atoms with Crippen LogP contribution in [0.25, 0.3) is 0 Å². The summed E-state index contributed by atoms with van der Waals surface area (Å²) in [5.74, 6) is 0.813. The molecule has 33 heavy (non-hydrogen) atoms. The maximum Gasteiger partial charge on any atom is 0.240 e. The third-order valence-electron chi connectivity index (χ3n) is 5.28. The lowest BCUT2D eigenvalue weighted by molar-refractivity contribution is -0.125. The molecule has 0 aliphatic carbocycles. The van der Waals surface area contributed by atoms with Crippen molar-refractivity contribution in [3.63, 3.8) is 0 Å². The van der Waals surface area contributed by atoms with Crippen molar-refractivity contribution in [2.24, 2.45) is 0 Å². The highest BCUT2D eigenvalue weighted by molar-refractivity contribution is 6.01. The Morgan fingerprint density at radius 1 is 1.12 bits per heavy atom. The lowest BCUT2D eigenvalue weighted by Gasteiger charge is -2.23. The van der Waals surface area contributed by atoms with Gasteiger partial charge in [0.05, 0.1) is 6.10 Å². The van der Waals surface area contributed by atoms with Crippen molar-refractivity contribution in [2.75, 3.05) is 36.7 Å². The number of rotatable bonds is 9. The zero-order valence-electron chi connectivity index (χ0n) is 18.3. The Morgan fingerprint density at radius 2 is 1.97 bits per heavy atom. The Morgan fingerprint density at radius 3 is 2.73 bits per heavy atom. The number of hydrogen-bond donors (Lipinski definition) is 2. The van der Waals surface area contributed by atoms with E-state index in [4.69, 9.17) is 18.7 Å². The highest BCUT2D eigenvalue weighted by Gasteiger charge is 2.24. The number of fused-ring (bicyclic) bond motifs is 1. The summed E-state index contributed by atoms with van der Waals surface area (Å²) in [6.07, 6.45) is 1.68. The van der Waals surface area contributed by atoms with E-state index in [1.807, 2.05) is 0 Å². The van der Waals surface area contributed by atoms with Crippen LogP contribution in [0.15, 0.2) is 28.8 Å². The van der Waals surface area contributed by atoms with Gasteiger partial charge in [-0.05, 0) is 31.9 Å². The summed E-state index contributed by atoms with van der Waals surface area (Å²) in [6.45, 7) is 2.69. The second-order valence-corrected chi connectivity index (χ2v) is 7.83. The lowest BCUT2D eigenvalue weighted by atomic mass is 10.2. The summed E-state index contributed by atoms with van der Waals surface area (Å²) < 4.78 is 21.2. The van der Waals surface area contributed by atoms with E-state index in [0.29, 0.717) is 36.1 Å². The minimum Gasteiger partial charge on any atom is -0.454 e. The third kappa shape index (κ3) is 6.01. The van der Waals surface area contributed by atoms with Crippen LogP contribution < -0.4 is 25.0 Å². The van der Waals surface area contributed by atoms with Crippen molar-refractivity contribution in [3.8, 4) is 11.5 Å². The first-order valence-electron chi connectivity index (χ1n) is 10.8. The van der Waals surface area contributed by atoms with Gasteiger partial charge in [0.1, 0.15) is 12.3 Å². The number of hydrogen-bond acceptors (Lipinski definition) is 8. The number of aromatic nitrogens is 1. The Kier molecular flexibility index (Phi) is 7.08. The molecule has 1 saturated heterocycles. The molecule has 2 aliphatic rings. The van der Waals surface area contributed by atoms with E-state index in [0.717, 1.165) is 12.8 Å². The van der Waals surface area contributed by atoms with Crippen LogP contribution in [0.3, 0.4) is 0 Å². The van der Waals surface area contributed by atoms with Crippen molar-refractivity contribution in [2.45, 2.75) is 38.7 Å². The normalized spacial score (nSPS) is 16.5. The molecule has 2 aliphatic heterocycles. The van der Waals surface area contributed by atoms with Crippen LogP contribution in [0.5, 0.6) is 11.5 Å². The molecule has 2 aromatic rings. The number of nitrogens with one attached hydrogen (secondary N) is 2. The van der Waals surface area contributed by atoms with Gasteiger partial charge in [-0.3, -0.25) is 14.4 Å². The SMILES string of the molecule is Cc1cc(NC(=O)CCC(=O)N(CC(=O)NCC2CCCO2)c2ccc3c(c2)OCO3)no1. The number of ether oxygens (including phenoxy) is 3. The van der Waals surface area contributed by atoms with Gasteiger partial charge < -0.3 is 34.3 Å². The smallest absolute Gasteiger partial charge is 0.240 e. The average Bonchev–Trinajstić information content (AvgIpc) is 3.56. The molecule has 1 aromatic heterocycles. The van der Waals surface area contributed by atoms with Crippen molar-refractivity contribution >= 4 is 29.2 Å². The summed E-state index contributed by atoms with van der Waals surface area (Å²) >= 11 is 0. The molecule has 11 heteroatoms. The van der Waals surface area contributed by atoms with Gasteiger partial charge >= 0.3 is 0 Å². The topological polar surface area (TPSA) is 132 Å². The summed E-state index contributed by atoms with van der Waals surface area (Å²) in [4.78, 5) is 39.2. The molecule has 1 atom stereocenters. The Hall–Kier alpha value is -3.60. The van der Waals surface area contributed by atoms with Gasteiger partial charge in [0.25, 0.3) is 0 Å². The van der Waals surface area contributed by atoms with Crippen molar-refractivity contribution in [1.29, 1.82) is 0 Å². The Bertz CT molecular complexity index is 1020. The van der Waals surface area contributed by atoms with Crippen LogP contribution in [-0.2, 0) is 19.1 Å². The number of aryl methyl sites for hydroxylation is 1. The first-order valence-corrected chi connectivity index (χ1v) is 10.8. The lowest BCUT2D eigenvalue weighted by Crippen LogP contribution is -2.43. The number of carbonyl (C=O) groups is 3. The molecule has 1 fully saturated rings. The third-order valence-corrected chi connectivity index (χ3v) is 5.28. The van der Waals surface area contributed by atoms with Crippen LogP contribution in [0, 0.1) is 6.92 Å². The number of anilines is 2. The second-order valence-electron chi connectivity index (χ2n) is 7.83. The zero-order valence-corrected chi connectivity index (χ0v) is 18.3. The molecule has 3 heterocycles. The van der Waals surface area contributed by atoms with Crippen LogP contribution in [0.1, 0.15) is 31.4 Å². The van der Waals surface area contributed by atoms with E-state index >= 15 is 0 Å². The van der Waals surface area contributed by atoms with Crippen LogP contribution >= 0.6 is 0 Å². The Labute approximate surface area is 190 Å². The van der Waals surface area contributed by atoms with Gasteiger partial charge in [0.15, 0.2) is 17.3 Å². The average molecular weight is 458 g/mol. The van der Waals surface area contributed by atoms with Crippen LogP contribution in [0.2, 0.25) is 0 Å². The summed E-state index contributed by atoms with van der Waals surface area (Å²) in [7, 11) is 0. The summed E-state index contributed by atoms with van der Waals surface area (Å²) in [5, 5.41) is 9.10. The summed E-state index contributed by atoms with van der Waals surface area (Å²) in [5.41, 5.74) is 0.476. The van der Waals surface area contributed by atoms with Gasteiger partial charge in [-0.25, -0.2) is 0 Å². The molecule has 11 nitrogen and oxygen atoms in total. The molecular formula is C22H26N4O7. The van der Waals surface area contributed by atoms with E-state index < -0.39 is 0 Å². The highest BCUT2D eigenvalue weighted by Crippen LogP contribution is 2.35. The predicted molar refractivity (Wildman–Crippen MR) is 116 cm³/mol. The van der Waals surface area contributed by atoms with Crippen molar-refractivity contribution in [3.05, 3.63) is 30.0 Å². The van der Waals surface area contributed by atoms with E-state index in [1.165, 1.54) is 4.90 Å². The van der Waals surface area contributed by atoms with Crippen molar-refractivity contribution < 1.29 is 33.1 Å². The molecular weight excluding hydrogens is 432 g/mol. The molecule has 176 valence electrons. The predicted octanol–water partition coefficient (Wildman–Crippen LogP) is 1.76. The molecule has 0 radical (unpaired) electrons. The van der Waals surface area contributed by atoms with E-state index in [2.05, 4.69) is 15.8 Å². The highest BCUT2D eigenvalue weighted by atomic mass is 16.7. The first-order chi connectivity index (χ1) is 16.0. The fourth-order valence-corrected chi connectivity index (χ4v) is 3.60. The quantitative estimate of drug-likeness (QED) is 0.581. The first kappa shape index (κ1) is 22.6. The monoisotopic (exact) mass is 458 g/mol. The Balaban J connectivity index is 1.39. The summed E-state index contributed by atoms with van der Waals surface area (Å²) in [6, 6.07) is 6.59. The zero-order chi connectivity index (χ0) is 23.2. The largest absolute Gasteiger partial charge is 0.454 e. The van der Waals surface area contributed by atoms with Crippen molar-refractivity contribution in [1.82, 2.24) is 10.5 Å². The number of carbonyl (C=O) groups excluding carboxylic acids is 3. The molecule has 1 aromatic carbocycles. The molecule has 0 bridgehead atoms. The number of amides is 3. The van der Waals surface area contributed by atoms with Gasteiger partial charge in [0.2, 0.25) is 24.5 Å². The van der Waals surface area contributed by atoms with E-state index in [-0.39, 0.29) is 55.8 Å². The minimum atomic E-state index is -0.384. The number of nitrogens with zero attached hydrogens (tertiary/aromatic N) is 2.